The monoisotopic (exact) mass is 443 g/mol. The Labute approximate surface area is 172 Å². The molecule has 1 saturated heterocycles. The molecule has 0 radical (unpaired) electrons. The number of ketones is 1. The van der Waals surface area contributed by atoms with Crippen LogP contribution < -0.4 is 5.32 Å². The second kappa shape index (κ2) is 7.69. The number of rotatable bonds is 5. The normalized spacial score (nSPS) is 24.4. The summed E-state index contributed by atoms with van der Waals surface area (Å²) in [5.41, 5.74) is -4.77. The zero-order valence-corrected chi connectivity index (χ0v) is 16.2. The lowest BCUT2D eigenvalue weighted by Gasteiger charge is -2.50. The van der Waals surface area contributed by atoms with Crippen molar-refractivity contribution in [2.45, 2.75) is 24.9 Å². The first-order valence-corrected chi connectivity index (χ1v) is 9.60. The van der Waals surface area contributed by atoms with Gasteiger partial charge in [0.2, 0.25) is 0 Å². The van der Waals surface area contributed by atoms with Gasteiger partial charge in [0, 0.05) is 12.6 Å². The number of amides is 2. The van der Waals surface area contributed by atoms with Crippen LogP contribution in [0.15, 0.2) is 41.8 Å². The summed E-state index contributed by atoms with van der Waals surface area (Å²) in [6.07, 6.45) is -5.42. The Bertz CT molecular complexity index is 982. The van der Waals surface area contributed by atoms with Crippen LogP contribution in [0.2, 0.25) is 0 Å². The van der Waals surface area contributed by atoms with Gasteiger partial charge < -0.3 is 10.4 Å². The third-order valence-corrected chi connectivity index (χ3v) is 5.84. The lowest BCUT2D eigenvalue weighted by atomic mass is 9.77. The van der Waals surface area contributed by atoms with Gasteiger partial charge in [0.1, 0.15) is 5.92 Å². The third-order valence-electron chi connectivity index (χ3n) is 4.95. The second-order valence-electron chi connectivity index (χ2n) is 6.53. The number of aliphatic hydroxyl groups is 1. The zero-order valence-electron chi connectivity index (χ0n) is 15.4. The van der Waals surface area contributed by atoms with Crippen LogP contribution in [-0.4, -0.2) is 45.2 Å². The van der Waals surface area contributed by atoms with Crippen LogP contribution in [0.3, 0.4) is 0 Å². The molecule has 0 saturated carbocycles. The van der Waals surface area contributed by atoms with Gasteiger partial charge in [-0.05, 0) is 18.4 Å². The summed E-state index contributed by atoms with van der Waals surface area (Å²) in [5.74, 6) is -3.37. The summed E-state index contributed by atoms with van der Waals surface area (Å²) in [6.45, 7) is 0.661. The number of halogens is 3. The van der Waals surface area contributed by atoms with E-state index in [4.69, 9.17) is 0 Å². The molecule has 2 N–H and O–H groups in total. The number of Topliss-reactive ketones (excluding diaryl/α,β-unsaturated/α-hetero) is 1. The van der Waals surface area contributed by atoms with Crippen LogP contribution >= 0.6 is 11.3 Å². The molecule has 1 aliphatic rings. The fourth-order valence-electron chi connectivity index (χ4n) is 3.64. The summed E-state index contributed by atoms with van der Waals surface area (Å²) in [5, 5.41) is 26.1. The lowest BCUT2D eigenvalue weighted by molar-refractivity contribution is -0.386. The van der Waals surface area contributed by atoms with Gasteiger partial charge in [-0.2, -0.15) is 13.2 Å². The Hall–Kier alpha value is -2.99. The van der Waals surface area contributed by atoms with Crippen LogP contribution in [0.1, 0.15) is 28.2 Å². The van der Waals surface area contributed by atoms with Crippen LogP contribution in [-0.2, 0) is 0 Å². The van der Waals surface area contributed by atoms with E-state index in [-0.39, 0.29) is 15.3 Å². The van der Waals surface area contributed by atoms with E-state index in [1.165, 1.54) is 36.6 Å². The number of nitro benzene ring substituents is 1. The molecule has 0 spiro atoms. The van der Waals surface area contributed by atoms with Crippen molar-refractivity contribution in [2.75, 3.05) is 6.54 Å². The topological polar surface area (TPSA) is 113 Å². The van der Waals surface area contributed by atoms with Gasteiger partial charge >= 0.3 is 12.2 Å². The van der Waals surface area contributed by atoms with Crippen LogP contribution in [0, 0.1) is 16.0 Å². The molecule has 12 heteroatoms. The van der Waals surface area contributed by atoms with E-state index in [2.05, 4.69) is 5.32 Å². The van der Waals surface area contributed by atoms with E-state index in [1.54, 1.807) is 0 Å². The molecule has 1 aromatic carbocycles. The highest BCUT2D eigenvalue weighted by Gasteiger charge is 2.70. The maximum absolute atomic E-state index is 14.2. The van der Waals surface area contributed by atoms with Gasteiger partial charge in [0.05, 0.1) is 21.4 Å². The number of carbonyl (C=O) groups is 2. The summed E-state index contributed by atoms with van der Waals surface area (Å²) in [6, 6.07) is 4.48. The molecular formula is C18H16F3N3O5S. The molecule has 3 atom stereocenters. The number of nitro groups is 1. The van der Waals surface area contributed by atoms with Crippen LogP contribution in [0.5, 0.6) is 0 Å². The Morgan fingerprint density at radius 1 is 1.33 bits per heavy atom. The van der Waals surface area contributed by atoms with Crippen LogP contribution in [0.4, 0.5) is 23.7 Å². The second-order valence-corrected chi connectivity index (χ2v) is 7.48. The first-order chi connectivity index (χ1) is 14.0. The Balaban J connectivity index is 2.29. The number of urea groups is 1. The van der Waals surface area contributed by atoms with E-state index in [0.717, 1.165) is 23.5 Å². The molecule has 0 unspecified atom stereocenters. The van der Waals surface area contributed by atoms with Gasteiger partial charge in [0.15, 0.2) is 5.78 Å². The van der Waals surface area contributed by atoms with Crippen molar-refractivity contribution in [2.24, 2.45) is 5.92 Å². The van der Waals surface area contributed by atoms with Gasteiger partial charge in [-0.1, -0.05) is 24.3 Å². The molecule has 1 aliphatic heterocycles. The maximum atomic E-state index is 14.2. The molecule has 30 heavy (non-hydrogen) atoms. The van der Waals surface area contributed by atoms with Crippen LogP contribution in [0.25, 0.3) is 0 Å². The summed E-state index contributed by atoms with van der Waals surface area (Å²) in [7, 11) is 0. The lowest BCUT2D eigenvalue weighted by Crippen LogP contribution is -2.73. The van der Waals surface area contributed by atoms with Gasteiger partial charge in [-0.15, -0.1) is 11.3 Å². The van der Waals surface area contributed by atoms with E-state index < -0.39 is 52.8 Å². The molecule has 3 rings (SSSR count). The molecule has 1 fully saturated rings. The minimum Gasteiger partial charge on any atom is -0.363 e. The first-order valence-electron chi connectivity index (χ1n) is 8.72. The van der Waals surface area contributed by atoms with Crippen molar-refractivity contribution in [1.82, 2.24) is 10.2 Å². The minimum absolute atomic E-state index is 0.0848. The van der Waals surface area contributed by atoms with Gasteiger partial charge in [0.25, 0.3) is 11.4 Å². The summed E-state index contributed by atoms with van der Waals surface area (Å²) < 4.78 is 42.5. The van der Waals surface area contributed by atoms with Crippen molar-refractivity contribution in [1.29, 1.82) is 0 Å². The highest BCUT2D eigenvalue weighted by Crippen LogP contribution is 2.49. The first kappa shape index (κ1) is 21.7. The van der Waals surface area contributed by atoms with Crippen molar-refractivity contribution in [3.63, 3.8) is 0 Å². The molecule has 0 aliphatic carbocycles. The van der Waals surface area contributed by atoms with E-state index in [0.29, 0.717) is 0 Å². The van der Waals surface area contributed by atoms with E-state index >= 15 is 0 Å². The molecule has 8 nitrogen and oxygen atoms in total. The average Bonchev–Trinajstić information content (AvgIpc) is 3.21. The molecule has 2 amide bonds. The predicted molar refractivity (Wildman–Crippen MR) is 99.9 cm³/mol. The van der Waals surface area contributed by atoms with Gasteiger partial charge in [-0.25, -0.2) is 4.79 Å². The molecular weight excluding hydrogens is 427 g/mol. The number of benzene rings is 1. The number of hydrogen-bond acceptors (Lipinski definition) is 6. The molecule has 0 bridgehead atoms. The minimum atomic E-state index is -5.42. The standard InChI is InChI=1S/C18H16F3N3O5S/c1-2-23-16(26)22-14(10-6-3-4-7-11(10)24(28)29)13(17(23,27)18(19,20)21)15(25)12-8-5-9-30-12/h3-9,13-14,27H,2H2,1H3,(H,22,26)/t13-,14+,17-/m0/s1. The maximum Gasteiger partial charge on any atom is 0.437 e. The Morgan fingerprint density at radius 2 is 2.00 bits per heavy atom. The quantitative estimate of drug-likeness (QED) is 0.417. The number of thiophene rings is 1. The number of alkyl halides is 3. The largest absolute Gasteiger partial charge is 0.437 e. The number of carbonyl (C=O) groups excluding carboxylic acids is 2. The van der Waals surface area contributed by atoms with Crippen molar-refractivity contribution in [3.05, 3.63) is 62.3 Å². The molecule has 2 heterocycles. The van der Waals surface area contributed by atoms with E-state index in [9.17, 15) is 38.0 Å². The molecule has 1 aromatic heterocycles. The molecule has 160 valence electrons. The van der Waals surface area contributed by atoms with E-state index in [1.807, 2.05) is 0 Å². The van der Waals surface area contributed by atoms with Crippen molar-refractivity contribution >= 4 is 28.8 Å². The number of nitrogens with one attached hydrogen (secondary N) is 1. The average molecular weight is 443 g/mol. The van der Waals surface area contributed by atoms with Crippen molar-refractivity contribution < 1.29 is 32.8 Å². The predicted octanol–water partition coefficient (Wildman–Crippen LogP) is 3.49. The SMILES string of the molecule is CCN1C(=O)N[C@H](c2ccccc2[N+](=O)[O-])[C@@H](C(=O)c2cccs2)[C@]1(O)C(F)(F)F. The van der Waals surface area contributed by atoms with Gasteiger partial charge in [-0.3, -0.25) is 19.8 Å². The fourth-order valence-corrected chi connectivity index (χ4v) is 4.35. The zero-order chi connectivity index (χ0) is 22.3. The highest BCUT2D eigenvalue weighted by atomic mass is 32.1. The fraction of sp³-hybridized carbons (Fsp3) is 0.333. The van der Waals surface area contributed by atoms with Crippen molar-refractivity contribution in [3.8, 4) is 0 Å². The smallest absolute Gasteiger partial charge is 0.363 e. The highest BCUT2D eigenvalue weighted by molar-refractivity contribution is 7.12. The Kier molecular flexibility index (Phi) is 5.56. The number of hydrogen-bond donors (Lipinski definition) is 2. The summed E-state index contributed by atoms with van der Waals surface area (Å²) in [4.78, 5) is 36.3. The Morgan fingerprint density at radius 3 is 2.53 bits per heavy atom. The summed E-state index contributed by atoms with van der Waals surface area (Å²) >= 11 is 0.860. The number of para-hydroxylation sites is 1. The third kappa shape index (κ3) is 3.31. The number of nitrogens with zero attached hydrogens (tertiary/aromatic N) is 2. The molecule has 2 aromatic rings.